The van der Waals surface area contributed by atoms with Crippen LogP contribution in [0.3, 0.4) is 0 Å². The van der Waals surface area contributed by atoms with Crippen LogP contribution in [0, 0.1) is 0 Å². The average molecular weight is 1330 g/mol. The molecule has 0 saturated heterocycles. The first-order chi connectivity index (χ1) is 44.3. The van der Waals surface area contributed by atoms with E-state index in [9.17, 15) is 97.5 Å². The van der Waals surface area contributed by atoms with Crippen LogP contribution in [0.1, 0.15) is 75.1 Å². The number of carboxylic acid groups (broad SMARTS) is 5. The van der Waals surface area contributed by atoms with Crippen molar-refractivity contribution in [3.8, 4) is 5.75 Å². The van der Waals surface area contributed by atoms with Gasteiger partial charge in [0.2, 0.25) is 59.1 Å². The number of imidazole rings is 1. The molecule has 3 rings (SSSR count). The largest absolute Gasteiger partial charge is 0.508 e. The third-order valence-electron chi connectivity index (χ3n) is 13.4. The Balaban J connectivity index is 1.91. The molecule has 0 spiro atoms. The monoisotopic (exact) mass is 1320 g/mol. The van der Waals surface area contributed by atoms with Crippen LogP contribution in [0.5, 0.6) is 5.75 Å². The van der Waals surface area contributed by atoms with Gasteiger partial charge in [0.1, 0.15) is 60.1 Å². The van der Waals surface area contributed by atoms with Crippen molar-refractivity contribution in [1.29, 1.82) is 0 Å². The number of aliphatic imine (C=N–C) groups is 1. The zero-order chi connectivity index (χ0) is 70.2. The summed E-state index contributed by atoms with van der Waals surface area (Å²) in [7, 11) is 0. The number of aromatic amines is 1. The second-order valence-corrected chi connectivity index (χ2v) is 21.0. The fourth-order valence-corrected chi connectivity index (χ4v) is 8.51. The number of amides is 10. The van der Waals surface area contributed by atoms with Gasteiger partial charge in [0.05, 0.1) is 38.4 Å². The van der Waals surface area contributed by atoms with Gasteiger partial charge in [-0.3, -0.25) is 72.1 Å². The SMILES string of the molecule is CC(NC(=O)C(N)CC(=O)O)C(=O)NC(CCC(=O)O)C(=O)NC(Cc1ccccc1)C(=O)NC(CCCN=C(N)N)C(=O)NC(Cc1cnc[nH]1)C(=O)NC(CC(=O)O)C(=O)NC(CO)C(=O)NCC(=O)NC(Cc1ccc(O)cc1)C(=O)NC(CCC(=O)O)C(=O)O. The predicted octanol–water partition coefficient (Wildman–Crippen LogP) is -7.22. The van der Waals surface area contributed by atoms with E-state index in [4.69, 9.17) is 27.4 Å². The highest BCUT2D eigenvalue weighted by Crippen LogP contribution is 2.14. The Hall–Kier alpha value is -11.3. The molecule has 38 nitrogen and oxygen atoms in total. The molecule has 10 amide bonds. The molecule has 0 saturated carbocycles. The van der Waals surface area contributed by atoms with Crippen molar-refractivity contribution in [3.63, 3.8) is 0 Å². The van der Waals surface area contributed by atoms with E-state index in [1.165, 1.54) is 36.8 Å². The summed E-state index contributed by atoms with van der Waals surface area (Å²) in [4.78, 5) is 205. The van der Waals surface area contributed by atoms with Gasteiger partial charge in [-0.15, -0.1) is 0 Å². The van der Waals surface area contributed by atoms with E-state index in [1.807, 2.05) is 0 Å². The number of H-pyrrole nitrogens is 1. The summed E-state index contributed by atoms with van der Waals surface area (Å²) in [5, 5.41) is 89.7. The third kappa shape index (κ3) is 28.7. The molecule has 10 unspecified atom stereocenters. The molecule has 512 valence electrons. The molecule has 0 aliphatic carbocycles. The molecule has 1 heterocycles. The van der Waals surface area contributed by atoms with E-state index in [0.717, 1.165) is 6.92 Å². The zero-order valence-electron chi connectivity index (χ0n) is 50.4. The Kier molecular flexibility index (Phi) is 32.0. The lowest BCUT2D eigenvalue weighted by Crippen LogP contribution is -2.61. The third-order valence-corrected chi connectivity index (χ3v) is 13.4. The van der Waals surface area contributed by atoms with Crippen LogP contribution < -0.4 is 70.4 Å². The highest BCUT2D eigenvalue weighted by molar-refractivity contribution is 5.99. The van der Waals surface area contributed by atoms with E-state index in [1.54, 1.807) is 30.3 Å². The number of aromatic hydroxyl groups is 1. The summed E-state index contributed by atoms with van der Waals surface area (Å²) in [5.41, 5.74) is 17.5. The minimum absolute atomic E-state index is 0.0565. The highest BCUT2D eigenvalue weighted by Gasteiger charge is 2.36. The molecule has 0 radical (unpaired) electrons. The van der Waals surface area contributed by atoms with Crippen molar-refractivity contribution in [3.05, 3.63) is 83.9 Å². The Bertz CT molecular complexity index is 3190. The molecule has 1 aromatic heterocycles. The van der Waals surface area contributed by atoms with Crippen molar-refractivity contribution in [2.45, 2.75) is 138 Å². The number of nitrogens with zero attached hydrogens (tertiary/aromatic N) is 2. The number of nitrogens with two attached hydrogens (primary N) is 3. The molecule has 0 aliphatic rings. The first kappa shape index (κ1) is 76.9. The van der Waals surface area contributed by atoms with Crippen LogP contribution >= 0.6 is 0 Å². The van der Waals surface area contributed by atoms with Crippen LogP contribution in [0.25, 0.3) is 0 Å². The molecule has 0 aliphatic heterocycles. The minimum Gasteiger partial charge on any atom is -0.508 e. The number of carbonyl (C=O) groups is 15. The molecule has 3 aromatic rings. The zero-order valence-corrected chi connectivity index (χ0v) is 50.4. The molecule has 10 atom stereocenters. The Labute approximate surface area is 533 Å². The lowest BCUT2D eigenvalue weighted by Gasteiger charge is -2.27. The van der Waals surface area contributed by atoms with Crippen LogP contribution in [-0.2, 0) is 91.2 Å². The first-order valence-electron chi connectivity index (χ1n) is 28.7. The molecule has 94 heavy (non-hydrogen) atoms. The summed E-state index contributed by atoms with van der Waals surface area (Å²) < 4.78 is 0. The molecule has 2 aromatic carbocycles. The lowest BCUT2D eigenvalue weighted by atomic mass is 10.0. The van der Waals surface area contributed by atoms with Crippen LogP contribution in [-0.4, -0.2) is 221 Å². The van der Waals surface area contributed by atoms with E-state index >= 15 is 0 Å². The maximum atomic E-state index is 14.5. The number of nitrogens with one attached hydrogen (secondary N) is 11. The van der Waals surface area contributed by atoms with Gasteiger partial charge in [0.15, 0.2) is 5.96 Å². The Morgan fingerprint density at radius 2 is 0.979 bits per heavy atom. The van der Waals surface area contributed by atoms with E-state index in [2.05, 4.69) is 68.1 Å². The molecule has 0 fully saturated rings. The van der Waals surface area contributed by atoms with Gasteiger partial charge in [-0.05, 0) is 55.9 Å². The Morgan fingerprint density at radius 1 is 0.511 bits per heavy atom. The topological polar surface area (TPSA) is 637 Å². The number of carboxylic acids is 5. The van der Waals surface area contributed by atoms with Gasteiger partial charge in [0, 0.05) is 50.5 Å². The summed E-state index contributed by atoms with van der Waals surface area (Å²) in [5.74, 6) is -19.6. The second kappa shape index (κ2) is 39.1. The quantitative estimate of drug-likeness (QED) is 0.0142. The summed E-state index contributed by atoms with van der Waals surface area (Å²) in [6, 6.07) is -4.08. The van der Waals surface area contributed by atoms with Crippen LogP contribution in [0.4, 0.5) is 0 Å². The molecule has 24 N–H and O–H groups in total. The number of aliphatic carboxylic acids is 5. The number of benzene rings is 2. The molecule has 38 heteroatoms. The number of guanidine groups is 1. The normalized spacial score (nSPS) is 14.0. The fourth-order valence-electron chi connectivity index (χ4n) is 8.51. The number of carbonyl (C=O) groups excluding carboxylic acids is 10. The Morgan fingerprint density at radius 3 is 1.50 bits per heavy atom. The van der Waals surface area contributed by atoms with Gasteiger partial charge < -0.3 is 111 Å². The molecular formula is C56H76N16O22. The fraction of sp³-hybridized carbons (Fsp3) is 0.446. The minimum atomic E-state index is -2.11. The summed E-state index contributed by atoms with van der Waals surface area (Å²) >= 11 is 0. The number of aliphatic hydroxyl groups excluding tert-OH is 1. The van der Waals surface area contributed by atoms with Gasteiger partial charge in [-0.25, -0.2) is 9.78 Å². The number of hydrogen-bond acceptors (Lipinski definition) is 20. The lowest BCUT2D eigenvalue weighted by molar-refractivity contribution is -0.144. The molecule has 0 bridgehead atoms. The summed E-state index contributed by atoms with van der Waals surface area (Å²) in [6.45, 7) is -1.18. The van der Waals surface area contributed by atoms with Gasteiger partial charge >= 0.3 is 29.8 Å². The van der Waals surface area contributed by atoms with Gasteiger partial charge in [0.25, 0.3) is 0 Å². The number of aromatic nitrogens is 2. The number of phenols is 1. The number of phenolic OH excluding ortho intramolecular Hbond substituents is 1. The number of aliphatic hydroxyl groups is 1. The molecular weight excluding hydrogens is 1250 g/mol. The maximum absolute atomic E-state index is 14.5. The van der Waals surface area contributed by atoms with E-state index in [-0.39, 0.29) is 49.6 Å². The van der Waals surface area contributed by atoms with Gasteiger partial charge in [-0.2, -0.15) is 0 Å². The number of hydrogen-bond donors (Lipinski definition) is 21. The predicted molar refractivity (Wildman–Crippen MR) is 321 cm³/mol. The van der Waals surface area contributed by atoms with Crippen molar-refractivity contribution in [2.75, 3.05) is 19.7 Å². The number of rotatable bonds is 42. The van der Waals surface area contributed by atoms with Crippen molar-refractivity contribution in [2.24, 2.45) is 22.2 Å². The van der Waals surface area contributed by atoms with Gasteiger partial charge in [-0.1, -0.05) is 42.5 Å². The maximum Gasteiger partial charge on any atom is 0.326 e. The standard InChI is InChI=1S/C56H76N16O22/c1-27(64-47(85)32(57)21-44(80)81)46(84)66-34(13-15-42(76)77)50(88)69-37(18-28-6-3-2-4-7-28)52(90)67-33(8-5-17-61-56(58)59)49(87)70-38(20-30-23-60-26-63-30)53(91)71-39(22-45(82)83)54(92)72-40(25-73)48(86)62-24-41(75)65-36(19-29-9-11-31(74)12-10-29)51(89)68-35(55(93)94)14-16-43(78)79/h2-4,6-7,9-12,23,26-27,32-40,73-74H,5,8,13-22,24-25,57H2,1H3,(H,60,63)(H,62,86)(H,64,85)(H,65,75)(H,66,84)(H,67,90)(H,68,89)(H,69,88)(H,70,87)(H,71,91)(H,72,92)(H,76,77)(H,78,79)(H,80,81)(H,82,83)(H,93,94)(H4,58,59,61). The average Bonchev–Trinajstić information content (AvgIpc) is 1.29. The summed E-state index contributed by atoms with van der Waals surface area (Å²) in [6.07, 6.45) is -3.57. The van der Waals surface area contributed by atoms with Crippen LogP contribution in [0.15, 0.2) is 72.1 Å². The van der Waals surface area contributed by atoms with Crippen LogP contribution in [0.2, 0.25) is 0 Å². The van der Waals surface area contributed by atoms with Crippen molar-refractivity contribution in [1.82, 2.24) is 63.1 Å². The van der Waals surface area contributed by atoms with E-state index in [0.29, 0.717) is 11.1 Å². The van der Waals surface area contributed by atoms with Crippen molar-refractivity contribution < 1.29 is 108 Å². The second-order valence-electron chi connectivity index (χ2n) is 21.0. The first-order valence-corrected chi connectivity index (χ1v) is 28.7. The smallest absolute Gasteiger partial charge is 0.326 e. The van der Waals surface area contributed by atoms with E-state index < -0.39 is 207 Å². The van der Waals surface area contributed by atoms with Crippen molar-refractivity contribution >= 4 is 94.9 Å². The highest BCUT2D eigenvalue weighted by atomic mass is 16.4.